The van der Waals surface area contributed by atoms with E-state index in [9.17, 15) is 0 Å². The van der Waals surface area contributed by atoms with E-state index in [1.807, 2.05) is 0 Å². The molecule has 0 radical (unpaired) electrons. The predicted molar refractivity (Wildman–Crippen MR) is 243 cm³/mol. The predicted octanol–water partition coefficient (Wildman–Crippen LogP) is 15.8. The molecule has 268 valence electrons. The smallest absolute Gasteiger partial charge is 0.0546 e. The summed E-state index contributed by atoms with van der Waals surface area (Å²) >= 11 is 0. The van der Waals surface area contributed by atoms with Crippen molar-refractivity contribution in [3.8, 4) is 55.6 Å². The molecule has 0 N–H and O–H groups in total. The lowest BCUT2D eigenvalue weighted by atomic mass is 9.87. The molecular formula is C56H39N. The van der Waals surface area contributed by atoms with Gasteiger partial charge in [0.1, 0.15) is 0 Å². The highest BCUT2D eigenvalue weighted by molar-refractivity contribution is 6.08. The Hall–Kier alpha value is -7.48. The van der Waals surface area contributed by atoms with E-state index in [1.54, 1.807) is 0 Å². The Balaban J connectivity index is 1.18. The van der Waals surface area contributed by atoms with Gasteiger partial charge in [-0.1, -0.05) is 200 Å². The summed E-state index contributed by atoms with van der Waals surface area (Å²) in [6, 6.07) is 85.7. The Morgan fingerprint density at radius 3 is 1.51 bits per heavy atom. The van der Waals surface area contributed by atoms with E-state index in [-0.39, 0.29) is 0 Å². The van der Waals surface area contributed by atoms with Crippen LogP contribution in [-0.2, 0) is 0 Å². The minimum absolute atomic E-state index is 1.08. The van der Waals surface area contributed by atoms with Gasteiger partial charge < -0.3 is 4.90 Å². The van der Waals surface area contributed by atoms with Gasteiger partial charge in [0.2, 0.25) is 0 Å². The first-order chi connectivity index (χ1) is 28.3. The third-order valence-electron chi connectivity index (χ3n) is 11.1. The van der Waals surface area contributed by atoms with E-state index in [0.29, 0.717) is 0 Å². The fourth-order valence-electron chi connectivity index (χ4n) is 8.32. The van der Waals surface area contributed by atoms with Crippen LogP contribution >= 0.6 is 0 Å². The number of nitrogens with zero attached hydrogens (tertiary/aromatic N) is 1. The summed E-state index contributed by atoms with van der Waals surface area (Å²) in [7, 11) is 0. The van der Waals surface area contributed by atoms with Crippen LogP contribution in [0, 0.1) is 0 Å². The third-order valence-corrected chi connectivity index (χ3v) is 11.1. The molecule has 1 nitrogen and oxygen atoms in total. The van der Waals surface area contributed by atoms with Crippen molar-refractivity contribution in [1.29, 1.82) is 0 Å². The van der Waals surface area contributed by atoms with Gasteiger partial charge in [-0.05, 0) is 108 Å². The number of rotatable bonds is 8. The average Bonchev–Trinajstić information content (AvgIpc) is 3.30. The molecule has 10 rings (SSSR count). The summed E-state index contributed by atoms with van der Waals surface area (Å²) in [5, 5.41) is 5.07. The van der Waals surface area contributed by atoms with Crippen LogP contribution in [0.3, 0.4) is 0 Å². The van der Waals surface area contributed by atoms with E-state index in [2.05, 4.69) is 241 Å². The summed E-state index contributed by atoms with van der Waals surface area (Å²) in [4.78, 5) is 2.44. The van der Waals surface area contributed by atoms with Crippen LogP contribution in [0.2, 0.25) is 0 Å². The maximum atomic E-state index is 2.44. The monoisotopic (exact) mass is 725 g/mol. The second-order valence-electron chi connectivity index (χ2n) is 14.5. The number of fused-ring (bicyclic) bond motifs is 3. The highest BCUT2D eigenvalue weighted by Crippen LogP contribution is 2.48. The first-order valence-electron chi connectivity index (χ1n) is 19.6. The molecule has 0 bridgehead atoms. The van der Waals surface area contributed by atoms with Crippen molar-refractivity contribution in [2.45, 2.75) is 0 Å². The van der Waals surface area contributed by atoms with Crippen molar-refractivity contribution < 1.29 is 0 Å². The molecule has 0 heterocycles. The molecule has 1 heteroatoms. The molecule has 0 aliphatic heterocycles. The van der Waals surface area contributed by atoms with Gasteiger partial charge in [0.05, 0.1) is 5.69 Å². The van der Waals surface area contributed by atoms with Gasteiger partial charge in [-0.15, -0.1) is 0 Å². The molecule has 10 aromatic carbocycles. The maximum absolute atomic E-state index is 2.44. The second-order valence-corrected chi connectivity index (χ2v) is 14.5. The van der Waals surface area contributed by atoms with Gasteiger partial charge in [-0.3, -0.25) is 0 Å². The van der Waals surface area contributed by atoms with Crippen molar-refractivity contribution in [2.75, 3.05) is 4.90 Å². The topological polar surface area (TPSA) is 3.24 Å². The number of hydrogen-bond donors (Lipinski definition) is 0. The summed E-state index contributed by atoms with van der Waals surface area (Å²) in [5.41, 5.74) is 15.1. The van der Waals surface area contributed by atoms with E-state index >= 15 is 0 Å². The van der Waals surface area contributed by atoms with Gasteiger partial charge in [0.15, 0.2) is 0 Å². The van der Waals surface area contributed by atoms with Crippen molar-refractivity contribution in [1.82, 2.24) is 0 Å². The first-order valence-corrected chi connectivity index (χ1v) is 19.6. The first kappa shape index (κ1) is 34.0. The molecule has 57 heavy (non-hydrogen) atoms. The van der Waals surface area contributed by atoms with Crippen LogP contribution in [0.25, 0.3) is 77.2 Å². The third kappa shape index (κ3) is 6.56. The Morgan fingerprint density at radius 1 is 0.246 bits per heavy atom. The normalized spacial score (nSPS) is 11.2. The van der Waals surface area contributed by atoms with Crippen LogP contribution in [0.1, 0.15) is 0 Å². The Kier molecular flexibility index (Phi) is 8.95. The van der Waals surface area contributed by atoms with Crippen LogP contribution in [0.15, 0.2) is 237 Å². The molecule has 0 saturated heterocycles. The van der Waals surface area contributed by atoms with Gasteiger partial charge in [-0.25, -0.2) is 0 Å². The molecule has 0 atom stereocenters. The lowest BCUT2D eigenvalue weighted by Gasteiger charge is -2.30. The molecule has 0 spiro atoms. The molecule has 0 saturated carbocycles. The molecule has 10 aromatic rings. The molecule has 0 aliphatic carbocycles. The molecule has 0 fully saturated rings. The van der Waals surface area contributed by atoms with Gasteiger partial charge in [0.25, 0.3) is 0 Å². The Labute approximate surface area is 334 Å². The van der Waals surface area contributed by atoms with Crippen LogP contribution < -0.4 is 4.90 Å². The van der Waals surface area contributed by atoms with Crippen molar-refractivity contribution >= 4 is 38.6 Å². The number of anilines is 3. The molecule has 0 aromatic heterocycles. The standard InChI is InChI=1S/C56H39N/c1-4-16-40(17-5-1)45-23-14-24-49(39-45)57(48-35-32-41(33-36-48)46-34-37-52-47(38-46)31-30-44-22-10-11-25-50(44)52)55-29-15-28-53(43-20-8-3-9-21-43)56(55)54-27-13-12-26-51(54)42-18-6-2-7-19-42/h1-39H. The van der Waals surface area contributed by atoms with E-state index in [0.717, 1.165) is 17.1 Å². The van der Waals surface area contributed by atoms with Crippen LogP contribution in [-0.4, -0.2) is 0 Å². The summed E-state index contributed by atoms with van der Waals surface area (Å²) in [6.07, 6.45) is 0. The fraction of sp³-hybridized carbons (Fsp3) is 0. The minimum atomic E-state index is 1.08. The second kappa shape index (κ2) is 15.0. The summed E-state index contributed by atoms with van der Waals surface area (Å²) in [5.74, 6) is 0. The number of benzene rings is 10. The average molecular weight is 726 g/mol. The lowest BCUT2D eigenvalue weighted by Crippen LogP contribution is -2.12. The molecule has 0 aliphatic rings. The quantitative estimate of drug-likeness (QED) is 0.141. The fourth-order valence-corrected chi connectivity index (χ4v) is 8.32. The van der Waals surface area contributed by atoms with Gasteiger partial charge in [-0.2, -0.15) is 0 Å². The van der Waals surface area contributed by atoms with Gasteiger partial charge in [0, 0.05) is 16.9 Å². The molecule has 0 amide bonds. The minimum Gasteiger partial charge on any atom is -0.310 e. The van der Waals surface area contributed by atoms with E-state index in [4.69, 9.17) is 0 Å². The van der Waals surface area contributed by atoms with Crippen LogP contribution in [0.5, 0.6) is 0 Å². The zero-order valence-corrected chi connectivity index (χ0v) is 31.5. The van der Waals surface area contributed by atoms with Crippen LogP contribution in [0.4, 0.5) is 17.1 Å². The summed E-state index contributed by atoms with van der Waals surface area (Å²) in [6.45, 7) is 0. The molecule has 0 unspecified atom stereocenters. The van der Waals surface area contributed by atoms with E-state index in [1.165, 1.54) is 77.2 Å². The SMILES string of the molecule is c1ccc(-c2cccc(N(c3ccc(-c4ccc5c(ccc6ccccc65)c4)cc3)c3cccc(-c4ccccc4)c3-c3ccccc3-c3ccccc3)c2)cc1. The Morgan fingerprint density at radius 2 is 0.754 bits per heavy atom. The summed E-state index contributed by atoms with van der Waals surface area (Å²) < 4.78 is 0. The molecular weight excluding hydrogens is 687 g/mol. The highest BCUT2D eigenvalue weighted by atomic mass is 15.1. The Bertz CT molecular complexity index is 2990. The zero-order valence-electron chi connectivity index (χ0n) is 31.5. The lowest BCUT2D eigenvalue weighted by molar-refractivity contribution is 1.28. The van der Waals surface area contributed by atoms with Gasteiger partial charge >= 0.3 is 0 Å². The van der Waals surface area contributed by atoms with E-state index < -0.39 is 0 Å². The van der Waals surface area contributed by atoms with Crippen molar-refractivity contribution in [3.05, 3.63) is 237 Å². The zero-order chi connectivity index (χ0) is 38.0. The number of hydrogen-bond acceptors (Lipinski definition) is 1. The largest absolute Gasteiger partial charge is 0.310 e. The maximum Gasteiger partial charge on any atom is 0.0546 e. The van der Waals surface area contributed by atoms with Crippen molar-refractivity contribution in [3.63, 3.8) is 0 Å². The highest BCUT2D eigenvalue weighted by Gasteiger charge is 2.23. The van der Waals surface area contributed by atoms with Crippen molar-refractivity contribution in [2.24, 2.45) is 0 Å².